The highest BCUT2D eigenvalue weighted by molar-refractivity contribution is 5.77. The summed E-state index contributed by atoms with van der Waals surface area (Å²) >= 11 is 0. The van der Waals surface area contributed by atoms with Gasteiger partial charge >= 0.3 is 0 Å². The second-order valence-corrected chi connectivity index (χ2v) is 7.31. The summed E-state index contributed by atoms with van der Waals surface area (Å²) in [5.74, 6) is 0.947. The molecular weight excluding hydrogens is 302 g/mol. The Labute approximate surface area is 144 Å². The Hall–Kier alpha value is -1.62. The fourth-order valence-electron chi connectivity index (χ4n) is 3.82. The Bertz CT molecular complexity index is 549. The number of hydrogen-bond acceptors (Lipinski definition) is 4. The number of anilines is 1. The second-order valence-electron chi connectivity index (χ2n) is 7.31. The maximum Gasteiger partial charge on any atom is 0.223 e. The lowest BCUT2D eigenvalue weighted by Gasteiger charge is -2.31. The highest BCUT2D eigenvalue weighted by atomic mass is 16.3. The van der Waals surface area contributed by atoms with Crippen LogP contribution in [-0.2, 0) is 11.3 Å². The van der Waals surface area contributed by atoms with Crippen LogP contribution in [0.5, 0.6) is 0 Å². The molecule has 0 spiro atoms. The van der Waals surface area contributed by atoms with E-state index in [9.17, 15) is 9.90 Å². The Kier molecular flexibility index (Phi) is 5.72. The monoisotopic (exact) mass is 331 g/mol. The molecule has 24 heavy (non-hydrogen) atoms. The van der Waals surface area contributed by atoms with Crippen LogP contribution in [0.4, 0.5) is 5.82 Å². The number of rotatable bonds is 5. The van der Waals surface area contributed by atoms with Crippen molar-refractivity contribution in [2.75, 3.05) is 18.0 Å². The van der Waals surface area contributed by atoms with Crippen molar-refractivity contribution in [3.8, 4) is 0 Å². The Morgan fingerprint density at radius 1 is 1.17 bits per heavy atom. The summed E-state index contributed by atoms with van der Waals surface area (Å²) in [5.41, 5.74) is 0.272. The van der Waals surface area contributed by atoms with E-state index < -0.39 is 5.60 Å². The summed E-state index contributed by atoms with van der Waals surface area (Å²) < 4.78 is 0. The van der Waals surface area contributed by atoms with Gasteiger partial charge in [-0.2, -0.15) is 0 Å². The van der Waals surface area contributed by atoms with Gasteiger partial charge in [0.1, 0.15) is 5.82 Å². The average Bonchev–Trinajstić information content (AvgIpc) is 2.61. The van der Waals surface area contributed by atoms with E-state index in [-0.39, 0.29) is 12.3 Å². The SMILES string of the molecule is O=C(CC1(O)CCCCC1)NCc1ccnc(N2CCCCC2)c1. The molecule has 5 heteroatoms. The van der Waals surface area contributed by atoms with Crippen LogP contribution in [0.15, 0.2) is 18.3 Å². The first kappa shape index (κ1) is 17.2. The molecule has 1 saturated heterocycles. The standard InChI is InChI=1S/C19H29N3O2/c23-18(14-19(24)8-3-1-4-9-19)21-15-16-7-10-20-17(13-16)22-11-5-2-6-12-22/h7,10,13,24H,1-6,8-9,11-12,14-15H2,(H,21,23). The van der Waals surface area contributed by atoms with Gasteiger partial charge in [0, 0.05) is 25.8 Å². The Morgan fingerprint density at radius 3 is 2.62 bits per heavy atom. The second kappa shape index (κ2) is 7.97. The third kappa shape index (κ3) is 4.69. The molecule has 5 nitrogen and oxygen atoms in total. The zero-order valence-electron chi connectivity index (χ0n) is 14.5. The van der Waals surface area contributed by atoms with Crippen LogP contribution >= 0.6 is 0 Å². The minimum Gasteiger partial charge on any atom is -0.389 e. The molecular formula is C19H29N3O2. The predicted octanol–water partition coefficient (Wildman–Crippen LogP) is 2.77. The molecule has 1 amide bonds. The summed E-state index contributed by atoms with van der Waals surface area (Å²) in [5, 5.41) is 13.4. The molecule has 0 bridgehead atoms. The summed E-state index contributed by atoms with van der Waals surface area (Å²) in [7, 11) is 0. The van der Waals surface area contributed by atoms with E-state index in [4.69, 9.17) is 0 Å². The van der Waals surface area contributed by atoms with E-state index in [1.54, 1.807) is 0 Å². The van der Waals surface area contributed by atoms with E-state index in [1.807, 2.05) is 12.3 Å². The highest BCUT2D eigenvalue weighted by Gasteiger charge is 2.31. The number of aromatic nitrogens is 1. The van der Waals surface area contributed by atoms with Gasteiger partial charge < -0.3 is 15.3 Å². The molecule has 0 unspecified atom stereocenters. The fourth-order valence-corrected chi connectivity index (χ4v) is 3.82. The molecule has 2 fully saturated rings. The summed E-state index contributed by atoms with van der Waals surface area (Å²) in [6.45, 7) is 2.63. The number of nitrogens with zero attached hydrogens (tertiary/aromatic N) is 2. The molecule has 1 aliphatic heterocycles. The van der Waals surface area contributed by atoms with Crippen molar-refractivity contribution >= 4 is 11.7 Å². The maximum atomic E-state index is 12.2. The van der Waals surface area contributed by atoms with E-state index in [0.29, 0.717) is 6.54 Å². The van der Waals surface area contributed by atoms with Gasteiger partial charge in [0.25, 0.3) is 0 Å². The number of amides is 1. The summed E-state index contributed by atoms with van der Waals surface area (Å²) in [6.07, 6.45) is 10.5. The molecule has 1 aromatic rings. The molecule has 1 aromatic heterocycles. The number of aliphatic hydroxyl groups is 1. The summed E-state index contributed by atoms with van der Waals surface area (Å²) in [4.78, 5) is 19.0. The number of piperidine rings is 1. The van der Waals surface area contributed by atoms with Crippen LogP contribution in [0.25, 0.3) is 0 Å². The molecule has 0 radical (unpaired) electrons. The molecule has 0 atom stereocenters. The topological polar surface area (TPSA) is 65.5 Å². The number of pyridine rings is 1. The average molecular weight is 331 g/mol. The number of carbonyl (C=O) groups is 1. The Balaban J connectivity index is 1.51. The summed E-state index contributed by atoms with van der Waals surface area (Å²) in [6, 6.07) is 4.02. The van der Waals surface area contributed by atoms with E-state index >= 15 is 0 Å². The maximum absolute atomic E-state index is 12.2. The molecule has 3 rings (SSSR count). The van der Waals surface area contributed by atoms with Crippen molar-refractivity contribution in [2.24, 2.45) is 0 Å². The van der Waals surface area contributed by atoms with Crippen LogP contribution in [0.1, 0.15) is 63.4 Å². The molecule has 2 heterocycles. The first-order chi connectivity index (χ1) is 11.6. The zero-order chi connectivity index (χ0) is 16.8. The number of carbonyl (C=O) groups excluding carboxylic acids is 1. The molecule has 132 valence electrons. The van der Waals surface area contributed by atoms with Crippen LogP contribution in [-0.4, -0.2) is 34.7 Å². The molecule has 1 aliphatic carbocycles. The van der Waals surface area contributed by atoms with E-state index in [1.165, 1.54) is 25.7 Å². The van der Waals surface area contributed by atoms with E-state index in [0.717, 1.165) is 50.2 Å². The van der Waals surface area contributed by atoms with Gasteiger partial charge in [0.05, 0.1) is 12.0 Å². The minimum atomic E-state index is -0.792. The molecule has 2 aliphatic rings. The van der Waals surface area contributed by atoms with Crippen molar-refractivity contribution < 1.29 is 9.90 Å². The van der Waals surface area contributed by atoms with Crippen LogP contribution in [0, 0.1) is 0 Å². The van der Waals surface area contributed by atoms with Gasteiger partial charge in [0.15, 0.2) is 0 Å². The lowest BCUT2D eigenvalue weighted by atomic mass is 9.82. The zero-order valence-corrected chi connectivity index (χ0v) is 14.5. The molecule has 0 aromatic carbocycles. The van der Waals surface area contributed by atoms with Crippen molar-refractivity contribution in [1.82, 2.24) is 10.3 Å². The lowest BCUT2D eigenvalue weighted by molar-refractivity contribution is -0.127. The number of hydrogen-bond donors (Lipinski definition) is 2. The first-order valence-electron chi connectivity index (χ1n) is 9.34. The largest absolute Gasteiger partial charge is 0.389 e. The predicted molar refractivity (Wildman–Crippen MR) is 94.8 cm³/mol. The first-order valence-corrected chi connectivity index (χ1v) is 9.34. The van der Waals surface area contributed by atoms with Crippen molar-refractivity contribution in [2.45, 2.75) is 69.9 Å². The Morgan fingerprint density at radius 2 is 1.88 bits per heavy atom. The quantitative estimate of drug-likeness (QED) is 0.871. The third-order valence-electron chi connectivity index (χ3n) is 5.25. The van der Waals surface area contributed by atoms with Crippen molar-refractivity contribution in [3.05, 3.63) is 23.9 Å². The van der Waals surface area contributed by atoms with Gasteiger partial charge in [-0.05, 0) is 49.8 Å². The highest BCUT2D eigenvalue weighted by Crippen LogP contribution is 2.30. The molecule has 1 saturated carbocycles. The van der Waals surface area contributed by atoms with E-state index in [2.05, 4.69) is 21.3 Å². The van der Waals surface area contributed by atoms with Crippen LogP contribution in [0.3, 0.4) is 0 Å². The third-order valence-corrected chi connectivity index (χ3v) is 5.25. The smallest absolute Gasteiger partial charge is 0.223 e. The van der Waals surface area contributed by atoms with Crippen LogP contribution < -0.4 is 10.2 Å². The van der Waals surface area contributed by atoms with Gasteiger partial charge in [-0.15, -0.1) is 0 Å². The van der Waals surface area contributed by atoms with Crippen molar-refractivity contribution in [1.29, 1.82) is 0 Å². The minimum absolute atomic E-state index is 0.0595. The molecule has 2 N–H and O–H groups in total. The fraction of sp³-hybridized carbons (Fsp3) is 0.684. The lowest BCUT2D eigenvalue weighted by Crippen LogP contribution is -2.38. The number of nitrogens with one attached hydrogen (secondary N) is 1. The van der Waals surface area contributed by atoms with Crippen molar-refractivity contribution in [3.63, 3.8) is 0 Å². The van der Waals surface area contributed by atoms with Gasteiger partial charge in [-0.3, -0.25) is 4.79 Å². The van der Waals surface area contributed by atoms with Gasteiger partial charge in [-0.25, -0.2) is 4.98 Å². The van der Waals surface area contributed by atoms with Gasteiger partial charge in [0.2, 0.25) is 5.91 Å². The van der Waals surface area contributed by atoms with Gasteiger partial charge in [-0.1, -0.05) is 19.3 Å². The van der Waals surface area contributed by atoms with Crippen LogP contribution in [0.2, 0.25) is 0 Å². The normalized spacial score (nSPS) is 20.6.